The number of hydrogen-bond donors (Lipinski definition) is 2. The van der Waals surface area contributed by atoms with E-state index in [1.165, 1.54) is 12.8 Å². The summed E-state index contributed by atoms with van der Waals surface area (Å²) in [5.41, 5.74) is 0.908. The third-order valence-corrected chi connectivity index (χ3v) is 5.91. The third kappa shape index (κ3) is 5.95. The zero-order valence-corrected chi connectivity index (χ0v) is 18.0. The normalized spacial score (nSPS) is 24.6. The van der Waals surface area contributed by atoms with Crippen LogP contribution in [0.2, 0.25) is 0 Å². The second-order valence-electron chi connectivity index (χ2n) is 8.45. The van der Waals surface area contributed by atoms with Gasteiger partial charge in [-0.05, 0) is 72.4 Å². The molecule has 0 aliphatic carbocycles. The predicted octanol–water partition coefficient (Wildman–Crippen LogP) is 2.63. The van der Waals surface area contributed by atoms with Crippen molar-refractivity contribution >= 4 is 5.96 Å². The fourth-order valence-electron chi connectivity index (χ4n) is 3.94. The Balaban J connectivity index is 1.41. The highest BCUT2D eigenvalue weighted by Gasteiger charge is 2.29. The number of aryl methyl sites for hydroxylation is 2. The minimum absolute atomic E-state index is 0.0930. The molecule has 2 aliphatic heterocycles. The van der Waals surface area contributed by atoms with Gasteiger partial charge in [0.25, 0.3) is 0 Å². The van der Waals surface area contributed by atoms with Crippen LogP contribution in [0.1, 0.15) is 56.9 Å². The molecule has 158 valence electrons. The van der Waals surface area contributed by atoms with Crippen LogP contribution >= 0.6 is 0 Å². The second kappa shape index (κ2) is 9.74. The summed E-state index contributed by atoms with van der Waals surface area (Å²) >= 11 is 0. The van der Waals surface area contributed by atoms with E-state index < -0.39 is 0 Å². The maximum absolute atomic E-state index is 5.85. The van der Waals surface area contributed by atoms with Crippen molar-refractivity contribution in [2.24, 2.45) is 10.9 Å². The SMILES string of the molecule is CCNC(=NCC1(C)CCCO1)NCC1CCN(Cc2nc(C)c(C)o2)CC1. The average molecular weight is 392 g/mol. The Morgan fingerprint density at radius 3 is 2.68 bits per heavy atom. The first kappa shape index (κ1) is 21.1. The lowest BCUT2D eigenvalue weighted by atomic mass is 9.97. The third-order valence-electron chi connectivity index (χ3n) is 5.91. The van der Waals surface area contributed by atoms with Crippen LogP contribution in [-0.4, -0.2) is 60.8 Å². The molecule has 3 heterocycles. The summed E-state index contributed by atoms with van der Waals surface area (Å²) < 4.78 is 11.6. The first-order valence-electron chi connectivity index (χ1n) is 10.8. The molecule has 1 aromatic rings. The quantitative estimate of drug-likeness (QED) is 0.550. The zero-order valence-electron chi connectivity index (χ0n) is 18.0. The lowest BCUT2D eigenvalue weighted by molar-refractivity contribution is 0.0283. The van der Waals surface area contributed by atoms with E-state index in [2.05, 4.69) is 34.4 Å². The van der Waals surface area contributed by atoms with Gasteiger partial charge in [0.15, 0.2) is 5.96 Å². The number of piperidine rings is 1. The highest BCUT2D eigenvalue weighted by atomic mass is 16.5. The number of oxazole rings is 1. The molecule has 2 aliphatic rings. The molecule has 7 heteroatoms. The molecule has 28 heavy (non-hydrogen) atoms. The maximum atomic E-state index is 5.85. The Labute approximate surface area is 169 Å². The predicted molar refractivity (Wildman–Crippen MR) is 112 cm³/mol. The fourth-order valence-corrected chi connectivity index (χ4v) is 3.94. The van der Waals surface area contributed by atoms with Gasteiger partial charge >= 0.3 is 0 Å². The highest BCUT2D eigenvalue weighted by Crippen LogP contribution is 2.25. The van der Waals surface area contributed by atoms with Crippen molar-refractivity contribution in [1.82, 2.24) is 20.5 Å². The number of ether oxygens (including phenoxy) is 1. The van der Waals surface area contributed by atoms with Crippen molar-refractivity contribution in [1.29, 1.82) is 0 Å². The summed E-state index contributed by atoms with van der Waals surface area (Å²) in [6.07, 6.45) is 4.61. The molecule has 3 rings (SSSR count). The Morgan fingerprint density at radius 2 is 2.07 bits per heavy atom. The van der Waals surface area contributed by atoms with Crippen LogP contribution in [0.15, 0.2) is 9.41 Å². The van der Waals surface area contributed by atoms with Crippen molar-refractivity contribution in [2.75, 3.05) is 39.3 Å². The number of guanidine groups is 1. The Bertz CT molecular complexity index is 624. The van der Waals surface area contributed by atoms with E-state index in [1.807, 2.05) is 13.8 Å². The molecule has 2 fully saturated rings. The molecule has 2 N–H and O–H groups in total. The number of hydrogen-bond acceptors (Lipinski definition) is 5. The standard InChI is InChI=1S/C21H37N5O2/c1-5-22-20(24-15-21(4)9-6-12-27-21)23-13-18-7-10-26(11-8-18)14-19-25-16(2)17(3)28-19/h18H,5-15H2,1-4H3,(H2,22,23,24). The first-order valence-corrected chi connectivity index (χ1v) is 10.8. The Kier molecular flexibility index (Phi) is 7.35. The van der Waals surface area contributed by atoms with Crippen LogP contribution < -0.4 is 10.6 Å². The van der Waals surface area contributed by atoms with E-state index in [9.17, 15) is 0 Å². The van der Waals surface area contributed by atoms with Gasteiger partial charge in [0.2, 0.25) is 5.89 Å². The van der Waals surface area contributed by atoms with Crippen LogP contribution in [0.25, 0.3) is 0 Å². The van der Waals surface area contributed by atoms with E-state index in [0.717, 1.165) is 82.0 Å². The van der Waals surface area contributed by atoms with Crippen LogP contribution in [0, 0.1) is 19.8 Å². The van der Waals surface area contributed by atoms with Crippen molar-refractivity contribution in [3.05, 3.63) is 17.3 Å². The summed E-state index contributed by atoms with van der Waals surface area (Å²) in [6, 6.07) is 0. The van der Waals surface area contributed by atoms with Gasteiger partial charge in [0.1, 0.15) is 5.76 Å². The van der Waals surface area contributed by atoms with Crippen LogP contribution in [0.5, 0.6) is 0 Å². The van der Waals surface area contributed by atoms with Gasteiger partial charge in [0, 0.05) is 19.7 Å². The fraction of sp³-hybridized carbons (Fsp3) is 0.810. The van der Waals surface area contributed by atoms with Crippen LogP contribution in [0.4, 0.5) is 0 Å². The smallest absolute Gasteiger partial charge is 0.208 e. The lowest BCUT2D eigenvalue weighted by Gasteiger charge is -2.31. The molecule has 0 aromatic carbocycles. The summed E-state index contributed by atoms with van der Waals surface area (Å²) in [6.45, 7) is 14.7. The van der Waals surface area contributed by atoms with Gasteiger partial charge in [-0.25, -0.2) is 4.98 Å². The van der Waals surface area contributed by atoms with Gasteiger partial charge in [-0.15, -0.1) is 0 Å². The summed E-state index contributed by atoms with van der Waals surface area (Å²) in [5.74, 6) is 3.36. The molecular weight excluding hydrogens is 354 g/mol. The van der Waals surface area contributed by atoms with E-state index in [4.69, 9.17) is 14.1 Å². The Morgan fingerprint density at radius 1 is 1.29 bits per heavy atom. The number of rotatable bonds is 7. The molecule has 0 amide bonds. The Hall–Kier alpha value is -1.60. The molecule has 1 unspecified atom stereocenters. The van der Waals surface area contributed by atoms with E-state index in [1.54, 1.807) is 0 Å². The lowest BCUT2D eigenvalue weighted by Crippen LogP contribution is -2.43. The molecule has 1 atom stereocenters. The topological polar surface area (TPSA) is 74.9 Å². The molecule has 1 aromatic heterocycles. The number of aliphatic imine (C=N–C) groups is 1. The summed E-state index contributed by atoms with van der Waals surface area (Å²) in [5, 5.41) is 6.91. The van der Waals surface area contributed by atoms with Crippen molar-refractivity contribution in [2.45, 2.75) is 65.5 Å². The molecule has 0 radical (unpaired) electrons. The monoisotopic (exact) mass is 391 g/mol. The van der Waals surface area contributed by atoms with Gasteiger partial charge < -0.3 is 19.8 Å². The second-order valence-corrected chi connectivity index (χ2v) is 8.45. The van der Waals surface area contributed by atoms with E-state index >= 15 is 0 Å². The minimum atomic E-state index is -0.0930. The molecule has 0 bridgehead atoms. The number of nitrogens with zero attached hydrogens (tertiary/aromatic N) is 3. The molecule has 0 spiro atoms. The van der Waals surface area contributed by atoms with Crippen molar-refractivity contribution < 1.29 is 9.15 Å². The molecule has 7 nitrogen and oxygen atoms in total. The van der Waals surface area contributed by atoms with Gasteiger partial charge in [-0.2, -0.15) is 0 Å². The highest BCUT2D eigenvalue weighted by molar-refractivity contribution is 5.79. The zero-order chi connectivity index (χ0) is 20.0. The van der Waals surface area contributed by atoms with Crippen LogP contribution in [-0.2, 0) is 11.3 Å². The number of likely N-dealkylation sites (tertiary alicyclic amines) is 1. The maximum Gasteiger partial charge on any atom is 0.208 e. The number of aromatic nitrogens is 1. The molecule has 2 saturated heterocycles. The average Bonchev–Trinajstić information content (AvgIpc) is 3.24. The summed E-state index contributed by atoms with van der Waals surface area (Å²) in [7, 11) is 0. The molecule has 0 saturated carbocycles. The van der Waals surface area contributed by atoms with E-state index in [0.29, 0.717) is 5.92 Å². The number of nitrogens with one attached hydrogen (secondary N) is 2. The first-order chi connectivity index (χ1) is 13.5. The van der Waals surface area contributed by atoms with Crippen molar-refractivity contribution in [3.63, 3.8) is 0 Å². The van der Waals surface area contributed by atoms with Crippen LogP contribution in [0.3, 0.4) is 0 Å². The summed E-state index contributed by atoms with van der Waals surface area (Å²) in [4.78, 5) is 11.7. The van der Waals surface area contributed by atoms with Gasteiger partial charge in [-0.1, -0.05) is 0 Å². The minimum Gasteiger partial charge on any atom is -0.444 e. The van der Waals surface area contributed by atoms with E-state index in [-0.39, 0.29) is 5.60 Å². The van der Waals surface area contributed by atoms with Gasteiger partial charge in [-0.3, -0.25) is 9.89 Å². The largest absolute Gasteiger partial charge is 0.444 e. The van der Waals surface area contributed by atoms with Gasteiger partial charge in [0.05, 0.1) is 24.4 Å². The van der Waals surface area contributed by atoms with Crippen molar-refractivity contribution in [3.8, 4) is 0 Å². The molecular formula is C21H37N5O2.